The topological polar surface area (TPSA) is 39.1 Å². The largest absolute Gasteiger partial charge is 0.421 e. The second-order valence-corrected chi connectivity index (χ2v) is 4.40. The zero-order valence-electron chi connectivity index (χ0n) is 10.8. The van der Waals surface area contributed by atoms with Crippen LogP contribution in [0.25, 0.3) is 0 Å². The second-order valence-electron chi connectivity index (χ2n) is 4.40. The van der Waals surface area contributed by atoms with Crippen molar-refractivity contribution in [2.75, 3.05) is 0 Å². The van der Waals surface area contributed by atoms with Gasteiger partial charge in [0.2, 0.25) is 0 Å². The van der Waals surface area contributed by atoms with Crippen molar-refractivity contribution < 1.29 is 26.7 Å². The number of hydrogen-bond acceptors (Lipinski definition) is 2. The number of carbonyl (C=O) groups excluding carboxylic acids is 1. The molecule has 0 fully saturated rings. The SMILES string of the molecule is O=C(Cn1cccc(C(F)(F)F)c1=O)c1cc(F)ccc1F. The lowest BCUT2D eigenvalue weighted by molar-refractivity contribution is -0.138. The van der Waals surface area contributed by atoms with Gasteiger partial charge in [-0.25, -0.2) is 8.78 Å². The summed E-state index contributed by atoms with van der Waals surface area (Å²) in [5.74, 6) is -2.91. The third kappa shape index (κ3) is 3.21. The van der Waals surface area contributed by atoms with Gasteiger partial charge in [-0.05, 0) is 30.3 Å². The first-order valence-corrected chi connectivity index (χ1v) is 5.95. The fraction of sp³-hybridized carbons (Fsp3) is 0.143. The fourth-order valence-electron chi connectivity index (χ4n) is 1.83. The zero-order chi connectivity index (χ0) is 16.5. The van der Waals surface area contributed by atoms with Gasteiger partial charge >= 0.3 is 6.18 Å². The van der Waals surface area contributed by atoms with Gasteiger partial charge in [0.05, 0.1) is 12.1 Å². The van der Waals surface area contributed by atoms with E-state index in [9.17, 15) is 31.5 Å². The average molecular weight is 317 g/mol. The Morgan fingerprint density at radius 3 is 2.45 bits per heavy atom. The first-order valence-electron chi connectivity index (χ1n) is 5.95. The Morgan fingerprint density at radius 1 is 1.14 bits per heavy atom. The Labute approximate surface area is 120 Å². The van der Waals surface area contributed by atoms with E-state index in [-0.39, 0.29) is 0 Å². The van der Waals surface area contributed by atoms with Crippen LogP contribution in [-0.2, 0) is 12.7 Å². The van der Waals surface area contributed by atoms with Gasteiger partial charge in [-0.1, -0.05) is 0 Å². The average Bonchev–Trinajstić information content (AvgIpc) is 2.42. The van der Waals surface area contributed by atoms with E-state index >= 15 is 0 Å². The fourth-order valence-corrected chi connectivity index (χ4v) is 1.83. The summed E-state index contributed by atoms with van der Waals surface area (Å²) in [5, 5.41) is 0. The Morgan fingerprint density at radius 2 is 1.82 bits per heavy atom. The maximum atomic E-state index is 13.4. The van der Waals surface area contributed by atoms with Crippen molar-refractivity contribution in [3.63, 3.8) is 0 Å². The van der Waals surface area contributed by atoms with Gasteiger partial charge in [0.25, 0.3) is 5.56 Å². The number of aromatic nitrogens is 1. The van der Waals surface area contributed by atoms with Gasteiger partial charge < -0.3 is 4.57 Å². The smallest absolute Gasteiger partial charge is 0.307 e. The number of alkyl halides is 3. The lowest BCUT2D eigenvalue weighted by Crippen LogP contribution is -2.30. The molecule has 0 N–H and O–H groups in total. The normalized spacial score (nSPS) is 11.5. The third-order valence-corrected chi connectivity index (χ3v) is 2.87. The summed E-state index contributed by atoms with van der Waals surface area (Å²) in [6.45, 7) is -0.830. The third-order valence-electron chi connectivity index (χ3n) is 2.87. The summed E-state index contributed by atoms with van der Waals surface area (Å²) >= 11 is 0. The molecule has 3 nitrogen and oxygen atoms in total. The van der Waals surface area contributed by atoms with Crippen molar-refractivity contribution in [3.05, 3.63) is 69.6 Å². The predicted molar refractivity (Wildman–Crippen MR) is 66.4 cm³/mol. The molecule has 0 spiro atoms. The molecule has 0 amide bonds. The van der Waals surface area contributed by atoms with E-state index in [4.69, 9.17) is 0 Å². The molecule has 1 heterocycles. The van der Waals surface area contributed by atoms with Gasteiger partial charge in [0.15, 0.2) is 5.78 Å². The van der Waals surface area contributed by atoms with E-state index in [0.717, 1.165) is 24.4 Å². The molecule has 0 aliphatic carbocycles. The summed E-state index contributed by atoms with van der Waals surface area (Å²) in [6.07, 6.45) is -3.90. The van der Waals surface area contributed by atoms with E-state index in [1.54, 1.807) is 0 Å². The first kappa shape index (κ1) is 15.9. The van der Waals surface area contributed by atoms with Crippen LogP contribution in [0.5, 0.6) is 0 Å². The zero-order valence-corrected chi connectivity index (χ0v) is 10.8. The lowest BCUT2D eigenvalue weighted by Gasteiger charge is -2.10. The number of ketones is 1. The number of rotatable bonds is 3. The number of pyridine rings is 1. The molecule has 1 aromatic heterocycles. The molecule has 0 aliphatic heterocycles. The van der Waals surface area contributed by atoms with Crippen molar-refractivity contribution in [2.45, 2.75) is 12.7 Å². The van der Waals surface area contributed by atoms with Crippen molar-refractivity contribution in [2.24, 2.45) is 0 Å². The van der Waals surface area contributed by atoms with Crippen LogP contribution in [0.1, 0.15) is 15.9 Å². The molecule has 2 rings (SSSR count). The van der Waals surface area contributed by atoms with Crippen LogP contribution < -0.4 is 5.56 Å². The van der Waals surface area contributed by atoms with Crippen LogP contribution in [0.2, 0.25) is 0 Å². The van der Waals surface area contributed by atoms with Gasteiger partial charge in [-0.3, -0.25) is 9.59 Å². The van der Waals surface area contributed by atoms with Crippen molar-refractivity contribution in [1.82, 2.24) is 4.57 Å². The second kappa shape index (κ2) is 5.70. The number of nitrogens with zero attached hydrogens (tertiary/aromatic N) is 1. The molecule has 0 aliphatic rings. The van der Waals surface area contributed by atoms with Gasteiger partial charge in [-0.2, -0.15) is 13.2 Å². The Hall–Kier alpha value is -2.51. The summed E-state index contributed by atoms with van der Waals surface area (Å²) in [6, 6.07) is 3.65. The minimum Gasteiger partial charge on any atom is -0.307 e. The molecule has 22 heavy (non-hydrogen) atoms. The molecule has 2 aromatic rings. The number of halogens is 5. The quantitative estimate of drug-likeness (QED) is 0.645. The van der Waals surface area contributed by atoms with E-state index in [2.05, 4.69) is 0 Å². The van der Waals surface area contributed by atoms with E-state index in [1.807, 2.05) is 0 Å². The van der Waals surface area contributed by atoms with Gasteiger partial charge in [0, 0.05) is 6.20 Å². The van der Waals surface area contributed by atoms with Crippen molar-refractivity contribution in [3.8, 4) is 0 Å². The molecule has 0 atom stereocenters. The molecule has 0 bridgehead atoms. The van der Waals surface area contributed by atoms with Crippen molar-refractivity contribution >= 4 is 5.78 Å². The highest BCUT2D eigenvalue weighted by Gasteiger charge is 2.34. The predicted octanol–water partition coefficient (Wildman–Crippen LogP) is 3.03. The van der Waals surface area contributed by atoms with Gasteiger partial charge in [-0.15, -0.1) is 0 Å². The van der Waals surface area contributed by atoms with Crippen LogP contribution in [0.15, 0.2) is 41.3 Å². The number of Topliss-reactive ketones (excluding diaryl/α,β-unsaturated/α-hetero) is 1. The number of carbonyl (C=O) groups is 1. The van der Waals surface area contributed by atoms with E-state index in [1.165, 1.54) is 0 Å². The molecular weight excluding hydrogens is 309 g/mol. The summed E-state index contributed by atoms with van der Waals surface area (Å²) in [4.78, 5) is 23.5. The molecule has 0 saturated carbocycles. The number of benzene rings is 1. The summed E-state index contributed by atoms with van der Waals surface area (Å²) in [5.41, 5.74) is -3.51. The minimum absolute atomic E-state index is 0.496. The Kier molecular flexibility index (Phi) is 4.11. The first-order chi connectivity index (χ1) is 10.2. The minimum atomic E-state index is -4.87. The van der Waals surface area contributed by atoms with Crippen LogP contribution in [0.4, 0.5) is 22.0 Å². The molecule has 116 valence electrons. The van der Waals surface area contributed by atoms with E-state index < -0.39 is 46.8 Å². The standard InChI is InChI=1S/C14H8F5NO2/c15-8-3-4-11(16)9(6-8)12(21)7-20-5-1-2-10(13(20)22)14(17,18)19/h1-6H,7H2. The molecule has 0 radical (unpaired) electrons. The summed E-state index contributed by atoms with van der Waals surface area (Å²) in [7, 11) is 0. The van der Waals surface area contributed by atoms with Crippen molar-refractivity contribution in [1.29, 1.82) is 0 Å². The van der Waals surface area contributed by atoms with E-state index in [0.29, 0.717) is 16.7 Å². The molecular formula is C14H8F5NO2. The lowest BCUT2D eigenvalue weighted by atomic mass is 10.1. The molecule has 8 heteroatoms. The highest BCUT2D eigenvalue weighted by Crippen LogP contribution is 2.26. The van der Waals surface area contributed by atoms with Gasteiger partial charge in [0.1, 0.15) is 17.2 Å². The highest BCUT2D eigenvalue weighted by molar-refractivity contribution is 5.96. The monoisotopic (exact) mass is 317 g/mol. The molecule has 0 saturated heterocycles. The Bertz CT molecular complexity index is 780. The molecule has 0 unspecified atom stereocenters. The summed E-state index contributed by atoms with van der Waals surface area (Å²) < 4.78 is 64.7. The van der Waals surface area contributed by atoms with Crippen LogP contribution in [-0.4, -0.2) is 10.4 Å². The maximum absolute atomic E-state index is 13.4. The Balaban J connectivity index is 2.38. The highest BCUT2D eigenvalue weighted by atomic mass is 19.4. The van der Waals surface area contributed by atoms with Crippen LogP contribution in [0, 0.1) is 11.6 Å². The molecule has 1 aromatic carbocycles. The maximum Gasteiger partial charge on any atom is 0.421 e. The van der Waals surface area contributed by atoms with Crippen LogP contribution >= 0.6 is 0 Å². The number of hydrogen-bond donors (Lipinski definition) is 0. The van der Waals surface area contributed by atoms with Crippen LogP contribution in [0.3, 0.4) is 0 Å².